The summed E-state index contributed by atoms with van der Waals surface area (Å²) in [5.41, 5.74) is 5.74. The van der Waals surface area contributed by atoms with E-state index in [0.717, 1.165) is 47.8 Å². The lowest BCUT2D eigenvalue weighted by atomic mass is 10.0. The van der Waals surface area contributed by atoms with Gasteiger partial charge in [-0.05, 0) is 78.2 Å². The highest BCUT2D eigenvalue weighted by atomic mass is 19.1. The van der Waals surface area contributed by atoms with Crippen molar-refractivity contribution in [2.45, 2.75) is 39.5 Å². The molecular weight excluding hydrogens is 403 g/mol. The van der Waals surface area contributed by atoms with E-state index in [1.165, 1.54) is 11.1 Å². The van der Waals surface area contributed by atoms with E-state index in [-0.39, 0.29) is 5.82 Å². The second-order valence-electron chi connectivity index (χ2n) is 8.21. The summed E-state index contributed by atoms with van der Waals surface area (Å²) in [4.78, 5) is 0. The summed E-state index contributed by atoms with van der Waals surface area (Å²) in [7, 11) is 0. The molecule has 162 valence electrons. The minimum atomic E-state index is -0.251. The summed E-state index contributed by atoms with van der Waals surface area (Å²) in [6.45, 7) is 4.32. The summed E-state index contributed by atoms with van der Waals surface area (Å²) in [6.07, 6.45) is 4.36. The van der Waals surface area contributed by atoms with Gasteiger partial charge in [0, 0.05) is 22.1 Å². The number of rotatable bonds is 4. The first-order chi connectivity index (χ1) is 16.2. The van der Waals surface area contributed by atoms with Crippen molar-refractivity contribution in [1.29, 1.82) is 0 Å². The average Bonchev–Trinajstić information content (AvgIpc) is 2.86. The fourth-order valence-electron chi connectivity index (χ4n) is 3.72. The molecule has 0 amide bonds. The van der Waals surface area contributed by atoms with Crippen LogP contribution in [0.1, 0.15) is 60.1 Å². The number of aryl methyl sites for hydroxylation is 2. The molecule has 0 N–H and O–H groups in total. The van der Waals surface area contributed by atoms with E-state index >= 15 is 4.39 Å². The second kappa shape index (κ2) is 10.7. The summed E-state index contributed by atoms with van der Waals surface area (Å²) in [6, 6.07) is 25.8. The molecule has 1 heteroatoms. The number of hydrogen-bond acceptors (Lipinski definition) is 0. The molecule has 0 heterocycles. The Morgan fingerprint density at radius 3 is 1.82 bits per heavy atom. The van der Waals surface area contributed by atoms with Crippen molar-refractivity contribution in [1.82, 2.24) is 0 Å². The zero-order valence-electron chi connectivity index (χ0n) is 19.2. The molecule has 0 spiro atoms. The number of benzene rings is 4. The molecule has 4 aromatic carbocycles. The van der Waals surface area contributed by atoms with Gasteiger partial charge in [0.1, 0.15) is 5.82 Å². The minimum absolute atomic E-state index is 0.251. The fourth-order valence-corrected chi connectivity index (χ4v) is 3.72. The smallest absolute Gasteiger partial charge is 0.146 e. The lowest BCUT2D eigenvalue weighted by Gasteiger charge is -2.05. The van der Waals surface area contributed by atoms with E-state index in [1.807, 2.05) is 42.5 Å². The van der Waals surface area contributed by atoms with Crippen LogP contribution in [0.5, 0.6) is 0 Å². The number of fused-ring (bicyclic) bond motifs is 1. The Bertz CT molecular complexity index is 1370. The normalized spacial score (nSPS) is 10.3. The summed E-state index contributed by atoms with van der Waals surface area (Å²) >= 11 is 0. The van der Waals surface area contributed by atoms with E-state index in [0.29, 0.717) is 10.9 Å². The maximum Gasteiger partial charge on any atom is 0.146 e. The molecule has 33 heavy (non-hydrogen) atoms. The molecule has 4 rings (SSSR count). The molecule has 0 atom stereocenters. The Morgan fingerprint density at radius 1 is 0.636 bits per heavy atom. The lowest BCUT2D eigenvalue weighted by molar-refractivity contribution is 0.636. The molecule has 0 aromatic heterocycles. The van der Waals surface area contributed by atoms with Crippen molar-refractivity contribution in [3.8, 4) is 23.7 Å². The molecule has 0 nitrogen and oxygen atoms in total. The van der Waals surface area contributed by atoms with Crippen molar-refractivity contribution in [2.75, 3.05) is 0 Å². The fraction of sp³-hybridized carbons (Fsp3) is 0.188. The van der Waals surface area contributed by atoms with Gasteiger partial charge in [-0.15, -0.1) is 0 Å². The van der Waals surface area contributed by atoms with Crippen LogP contribution in [0.4, 0.5) is 4.39 Å². The van der Waals surface area contributed by atoms with Crippen LogP contribution < -0.4 is 0 Å². The van der Waals surface area contributed by atoms with Crippen LogP contribution in [0, 0.1) is 29.5 Å². The predicted molar refractivity (Wildman–Crippen MR) is 137 cm³/mol. The predicted octanol–water partition coefficient (Wildman–Crippen LogP) is 7.68. The Balaban J connectivity index is 1.49. The largest absolute Gasteiger partial charge is 0.205 e. The van der Waals surface area contributed by atoms with Gasteiger partial charge >= 0.3 is 0 Å². The average molecular weight is 431 g/mol. The molecule has 0 bridgehead atoms. The van der Waals surface area contributed by atoms with Crippen LogP contribution in [0.25, 0.3) is 10.8 Å². The van der Waals surface area contributed by atoms with Gasteiger partial charge in [-0.2, -0.15) is 0 Å². The SMILES string of the molecule is CCCCc1ccc2c(F)c(C#Cc3ccc(C#Cc4ccc(CC)cc4)cc3)ccc2c1. The first-order valence-corrected chi connectivity index (χ1v) is 11.6. The molecule has 0 radical (unpaired) electrons. The van der Waals surface area contributed by atoms with Crippen molar-refractivity contribution in [3.63, 3.8) is 0 Å². The van der Waals surface area contributed by atoms with Gasteiger partial charge in [-0.1, -0.05) is 80.3 Å². The molecular formula is C32H27F. The topological polar surface area (TPSA) is 0 Å². The monoisotopic (exact) mass is 430 g/mol. The van der Waals surface area contributed by atoms with Crippen LogP contribution in [-0.2, 0) is 12.8 Å². The number of hydrogen-bond donors (Lipinski definition) is 0. The van der Waals surface area contributed by atoms with Crippen LogP contribution >= 0.6 is 0 Å². The third-order valence-electron chi connectivity index (χ3n) is 5.78. The van der Waals surface area contributed by atoms with Gasteiger partial charge in [0.05, 0.1) is 5.56 Å². The number of halogens is 1. The van der Waals surface area contributed by atoms with Crippen LogP contribution in [0.15, 0.2) is 78.9 Å². The van der Waals surface area contributed by atoms with E-state index in [1.54, 1.807) is 6.07 Å². The second-order valence-corrected chi connectivity index (χ2v) is 8.21. The van der Waals surface area contributed by atoms with Gasteiger partial charge in [-0.25, -0.2) is 4.39 Å². The molecule has 0 aliphatic heterocycles. The standard InChI is InChI=1S/C32H27F/c1-3-5-6-28-18-22-31-30(23-28)21-20-29(32(31)33)19-17-27-15-13-26(14-16-27)12-11-25-9-7-24(4-2)8-10-25/h7-10,13-16,18,20-23H,3-6H2,1-2H3. The molecule has 0 aliphatic rings. The van der Waals surface area contributed by atoms with Gasteiger partial charge in [0.25, 0.3) is 0 Å². The molecule has 4 aromatic rings. The van der Waals surface area contributed by atoms with E-state index < -0.39 is 0 Å². The summed E-state index contributed by atoms with van der Waals surface area (Å²) in [5, 5.41) is 1.55. The Morgan fingerprint density at radius 2 is 1.21 bits per heavy atom. The Kier molecular flexibility index (Phi) is 7.24. The zero-order valence-corrected chi connectivity index (χ0v) is 19.2. The van der Waals surface area contributed by atoms with Crippen LogP contribution in [0.3, 0.4) is 0 Å². The molecule has 0 unspecified atom stereocenters. The van der Waals surface area contributed by atoms with Crippen LogP contribution in [-0.4, -0.2) is 0 Å². The van der Waals surface area contributed by atoms with Crippen LogP contribution in [0.2, 0.25) is 0 Å². The highest BCUT2D eigenvalue weighted by Gasteiger charge is 2.06. The van der Waals surface area contributed by atoms with Gasteiger partial charge in [0.15, 0.2) is 0 Å². The van der Waals surface area contributed by atoms with E-state index in [9.17, 15) is 0 Å². The lowest BCUT2D eigenvalue weighted by Crippen LogP contribution is -1.90. The quantitative estimate of drug-likeness (QED) is 0.291. The first-order valence-electron chi connectivity index (χ1n) is 11.6. The summed E-state index contributed by atoms with van der Waals surface area (Å²) < 4.78 is 15.0. The zero-order chi connectivity index (χ0) is 23.0. The molecule has 0 aliphatic carbocycles. The maximum absolute atomic E-state index is 15.0. The molecule has 0 saturated heterocycles. The van der Waals surface area contributed by atoms with Crippen molar-refractivity contribution < 1.29 is 4.39 Å². The van der Waals surface area contributed by atoms with Crippen molar-refractivity contribution in [2.24, 2.45) is 0 Å². The minimum Gasteiger partial charge on any atom is -0.205 e. The molecule has 0 fully saturated rings. The third kappa shape index (κ3) is 5.71. The van der Waals surface area contributed by atoms with E-state index in [2.05, 4.69) is 67.9 Å². The maximum atomic E-state index is 15.0. The van der Waals surface area contributed by atoms with Crippen molar-refractivity contribution >= 4 is 10.8 Å². The number of unbranched alkanes of at least 4 members (excludes halogenated alkanes) is 1. The van der Waals surface area contributed by atoms with Gasteiger partial charge < -0.3 is 0 Å². The summed E-state index contributed by atoms with van der Waals surface area (Å²) in [5.74, 6) is 12.2. The highest BCUT2D eigenvalue weighted by molar-refractivity contribution is 5.85. The Labute approximate surface area is 196 Å². The highest BCUT2D eigenvalue weighted by Crippen LogP contribution is 2.23. The third-order valence-corrected chi connectivity index (χ3v) is 5.78. The van der Waals surface area contributed by atoms with Gasteiger partial charge in [0.2, 0.25) is 0 Å². The first kappa shape index (κ1) is 22.4. The molecule has 0 saturated carbocycles. The Hall–Kier alpha value is -3.81. The van der Waals surface area contributed by atoms with Gasteiger partial charge in [-0.3, -0.25) is 0 Å². The van der Waals surface area contributed by atoms with E-state index in [4.69, 9.17) is 0 Å². The van der Waals surface area contributed by atoms with Crippen molar-refractivity contribution in [3.05, 3.63) is 118 Å².